The van der Waals surface area contributed by atoms with Crippen LogP contribution in [-0.2, 0) is 0 Å². The van der Waals surface area contributed by atoms with E-state index in [2.05, 4.69) is 42.3 Å². The Hall–Kier alpha value is -3.38. The molecule has 0 unspecified atom stereocenters. The van der Waals surface area contributed by atoms with Gasteiger partial charge in [-0.3, -0.25) is 14.2 Å². The topological polar surface area (TPSA) is 64.0 Å². The van der Waals surface area contributed by atoms with Crippen LogP contribution in [0.2, 0.25) is 0 Å². The van der Waals surface area contributed by atoms with Crippen molar-refractivity contribution in [1.82, 2.24) is 14.9 Å². The number of carbonyl (C=O) groups excluding carboxylic acids is 1. The summed E-state index contributed by atoms with van der Waals surface area (Å²) in [6, 6.07) is 20.7. The van der Waals surface area contributed by atoms with Crippen molar-refractivity contribution in [3.63, 3.8) is 0 Å². The summed E-state index contributed by atoms with van der Waals surface area (Å²) in [6.45, 7) is 6.59. The zero-order valence-corrected chi connectivity index (χ0v) is 19.2. The highest BCUT2D eigenvalue weighted by atomic mass is 32.2. The molecular weight excluding hydrogens is 418 g/mol. The lowest BCUT2D eigenvalue weighted by atomic mass is 10.1. The minimum absolute atomic E-state index is 0.117. The number of thioether (sulfide) groups is 1. The molecule has 0 aliphatic carbocycles. The number of nitrogens with zero attached hydrogens (tertiary/aromatic N) is 2. The Bertz CT molecular complexity index is 1340. The lowest BCUT2D eigenvalue weighted by Crippen LogP contribution is -2.26. The third kappa shape index (κ3) is 4.60. The maximum Gasteiger partial charge on any atom is 0.265 e. The molecule has 32 heavy (non-hydrogen) atoms. The predicted molar refractivity (Wildman–Crippen MR) is 131 cm³/mol. The van der Waals surface area contributed by atoms with Crippen LogP contribution in [0.3, 0.4) is 0 Å². The van der Waals surface area contributed by atoms with Crippen molar-refractivity contribution >= 4 is 28.6 Å². The second-order valence-electron chi connectivity index (χ2n) is 7.71. The minimum Gasteiger partial charge on any atom is -0.351 e. The Balaban J connectivity index is 1.41. The van der Waals surface area contributed by atoms with Crippen LogP contribution in [-0.4, -0.2) is 27.8 Å². The first-order valence-corrected chi connectivity index (χ1v) is 11.5. The van der Waals surface area contributed by atoms with Gasteiger partial charge in [-0.15, -0.1) is 11.8 Å². The molecule has 1 heterocycles. The Morgan fingerprint density at radius 1 is 0.969 bits per heavy atom. The first-order chi connectivity index (χ1) is 15.4. The molecule has 5 nitrogen and oxygen atoms in total. The van der Waals surface area contributed by atoms with E-state index >= 15 is 0 Å². The largest absolute Gasteiger partial charge is 0.351 e. The second-order valence-corrected chi connectivity index (χ2v) is 8.88. The number of nitrogens with one attached hydrogen (secondary N) is 1. The number of amides is 1. The van der Waals surface area contributed by atoms with Gasteiger partial charge in [0.15, 0.2) is 0 Å². The van der Waals surface area contributed by atoms with E-state index in [0.29, 0.717) is 34.5 Å². The maximum atomic E-state index is 12.9. The predicted octanol–water partition coefficient (Wildman–Crippen LogP) is 4.83. The number of benzene rings is 3. The molecule has 4 rings (SSSR count). The molecule has 0 saturated carbocycles. The van der Waals surface area contributed by atoms with Crippen molar-refractivity contribution in [2.75, 3.05) is 12.3 Å². The fourth-order valence-corrected chi connectivity index (χ4v) is 4.41. The summed E-state index contributed by atoms with van der Waals surface area (Å²) >= 11 is 1.72. The molecule has 0 atom stereocenters. The lowest BCUT2D eigenvalue weighted by molar-refractivity contribution is 0.0956. The molecule has 1 N–H and O–H groups in total. The first-order valence-electron chi connectivity index (χ1n) is 10.5. The highest BCUT2D eigenvalue weighted by Gasteiger charge is 2.11. The van der Waals surface area contributed by atoms with Crippen LogP contribution in [0.25, 0.3) is 16.6 Å². The van der Waals surface area contributed by atoms with Crippen molar-refractivity contribution < 1.29 is 4.79 Å². The summed E-state index contributed by atoms with van der Waals surface area (Å²) in [5, 5.41) is 3.53. The first kappa shape index (κ1) is 21.8. The van der Waals surface area contributed by atoms with Gasteiger partial charge in [0.25, 0.3) is 11.5 Å². The van der Waals surface area contributed by atoms with Gasteiger partial charge in [-0.1, -0.05) is 18.2 Å². The van der Waals surface area contributed by atoms with Gasteiger partial charge in [-0.2, -0.15) is 0 Å². The number of fused-ring (bicyclic) bond motifs is 1. The van der Waals surface area contributed by atoms with E-state index < -0.39 is 0 Å². The molecular formula is C26H25N3O2S. The molecule has 0 fully saturated rings. The van der Waals surface area contributed by atoms with Crippen molar-refractivity contribution in [3.05, 3.63) is 99.6 Å². The van der Waals surface area contributed by atoms with Crippen molar-refractivity contribution in [3.8, 4) is 5.69 Å². The van der Waals surface area contributed by atoms with Gasteiger partial charge in [0, 0.05) is 22.8 Å². The SMILES string of the molecule is Cc1ccc(SCCNC(=O)c2ccc(-n3c(C)nc4ccccc4c3=O)cc2)cc1C. The van der Waals surface area contributed by atoms with Crippen molar-refractivity contribution in [1.29, 1.82) is 0 Å². The van der Waals surface area contributed by atoms with Gasteiger partial charge in [0.1, 0.15) is 5.82 Å². The molecule has 0 radical (unpaired) electrons. The van der Waals surface area contributed by atoms with Crippen LogP contribution in [0.5, 0.6) is 0 Å². The normalized spacial score (nSPS) is 11.0. The van der Waals surface area contributed by atoms with Crippen LogP contribution in [0.4, 0.5) is 0 Å². The van der Waals surface area contributed by atoms with E-state index in [1.807, 2.05) is 25.1 Å². The van der Waals surface area contributed by atoms with E-state index in [4.69, 9.17) is 0 Å². The summed E-state index contributed by atoms with van der Waals surface area (Å²) in [6.07, 6.45) is 0. The molecule has 1 amide bonds. The number of aromatic nitrogens is 2. The maximum absolute atomic E-state index is 12.9. The fraction of sp³-hybridized carbons (Fsp3) is 0.192. The molecule has 6 heteroatoms. The Morgan fingerprint density at radius 2 is 1.72 bits per heavy atom. The number of para-hydroxylation sites is 1. The third-order valence-corrected chi connectivity index (χ3v) is 6.46. The molecule has 3 aromatic carbocycles. The second kappa shape index (κ2) is 9.40. The van der Waals surface area contributed by atoms with Crippen LogP contribution in [0.1, 0.15) is 27.3 Å². The zero-order chi connectivity index (χ0) is 22.7. The molecule has 0 bridgehead atoms. The smallest absolute Gasteiger partial charge is 0.265 e. The highest BCUT2D eigenvalue weighted by molar-refractivity contribution is 7.99. The number of rotatable bonds is 6. The quantitative estimate of drug-likeness (QED) is 0.342. The molecule has 0 spiro atoms. The van der Waals surface area contributed by atoms with E-state index in [0.717, 1.165) is 5.75 Å². The monoisotopic (exact) mass is 443 g/mol. The Kier molecular flexibility index (Phi) is 6.42. The molecule has 1 aromatic heterocycles. The van der Waals surface area contributed by atoms with E-state index in [1.165, 1.54) is 16.0 Å². The molecule has 162 valence electrons. The zero-order valence-electron chi connectivity index (χ0n) is 18.4. The summed E-state index contributed by atoms with van der Waals surface area (Å²) < 4.78 is 1.57. The average molecular weight is 444 g/mol. The van der Waals surface area contributed by atoms with Crippen molar-refractivity contribution in [2.24, 2.45) is 0 Å². The van der Waals surface area contributed by atoms with Crippen LogP contribution in [0.15, 0.2) is 76.4 Å². The van der Waals surface area contributed by atoms with E-state index in [9.17, 15) is 9.59 Å². The van der Waals surface area contributed by atoms with Gasteiger partial charge in [0.2, 0.25) is 0 Å². The fourth-order valence-electron chi connectivity index (χ4n) is 3.55. The summed E-state index contributed by atoms with van der Waals surface area (Å²) in [7, 11) is 0. The minimum atomic E-state index is -0.127. The number of hydrogen-bond acceptors (Lipinski definition) is 4. The highest BCUT2D eigenvalue weighted by Crippen LogP contribution is 2.20. The molecule has 0 saturated heterocycles. The number of carbonyl (C=O) groups is 1. The van der Waals surface area contributed by atoms with Crippen LogP contribution >= 0.6 is 11.8 Å². The van der Waals surface area contributed by atoms with Crippen LogP contribution < -0.4 is 10.9 Å². The number of aryl methyl sites for hydroxylation is 3. The standard InChI is InChI=1S/C26H25N3O2S/c1-17-8-13-22(16-18(17)2)32-15-14-27-25(30)20-9-11-21(12-10-20)29-19(3)28-24-7-5-4-6-23(24)26(29)31/h4-13,16H,14-15H2,1-3H3,(H,27,30). The van der Waals surface area contributed by atoms with E-state index in [-0.39, 0.29) is 11.5 Å². The van der Waals surface area contributed by atoms with Gasteiger partial charge in [0.05, 0.1) is 16.6 Å². The average Bonchev–Trinajstić information content (AvgIpc) is 2.79. The summed E-state index contributed by atoms with van der Waals surface area (Å²) in [4.78, 5) is 31.2. The van der Waals surface area contributed by atoms with Gasteiger partial charge >= 0.3 is 0 Å². The molecule has 4 aromatic rings. The van der Waals surface area contributed by atoms with Crippen LogP contribution in [0, 0.1) is 20.8 Å². The van der Waals surface area contributed by atoms with Gasteiger partial charge in [-0.05, 0) is 80.4 Å². The Labute approximate surface area is 191 Å². The Morgan fingerprint density at radius 3 is 2.47 bits per heavy atom. The van der Waals surface area contributed by atoms with Gasteiger partial charge < -0.3 is 5.32 Å². The molecule has 0 aliphatic rings. The van der Waals surface area contributed by atoms with E-state index in [1.54, 1.807) is 46.7 Å². The van der Waals surface area contributed by atoms with Gasteiger partial charge in [-0.25, -0.2) is 4.98 Å². The third-order valence-electron chi connectivity index (χ3n) is 5.47. The summed E-state index contributed by atoms with van der Waals surface area (Å²) in [5.41, 5.74) is 4.37. The molecule has 0 aliphatic heterocycles. The summed E-state index contributed by atoms with van der Waals surface area (Å²) in [5.74, 6) is 1.27. The number of hydrogen-bond donors (Lipinski definition) is 1. The lowest BCUT2D eigenvalue weighted by Gasteiger charge is -2.11. The van der Waals surface area contributed by atoms with Crippen molar-refractivity contribution in [2.45, 2.75) is 25.7 Å².